The molecule has 1 aromatic heterocycles. The van der Waals surface area contributed by atoms with E-state index in [-0.39, 0.29) is 18.7 Å². The van der Waals surface area contributed by atoms with Crippen molar-refractivity contribution in [2.45, 2.75) is 38.4 Å². The minimum absolute atomic E-state index is 0.0972. The zero-order valence-electron chi connectivity index (χ0n) is 13.1. The molecule has 2 heterocycles. The highest BCUT2D eigenvalue weighted by Crippen LogP contribution is 2.17. The zero-order valence-corrected chi connectivity index (χ0v) is 13.1. The smallest absolute Gasteiger partial charge is 0.224 e. The summed E-state index contributed by atoms with van der Waals surface area (Å²) in [7, 11) is 0. The maximum atomic E-state index is 13.0. The fourth-order valence-electron chi connectivity index (χ4n) is 2.77. The van der Waals surface area contributed by atoms with Gasteiger partial charge in [0.25, 0.3) is 0 Å². The standard InChI is InChI=1S/C18H22FNO3/c19-16-6-4-14(5-7-16)11-17-12-15(8-9-21)13-20(17)23-18-3-1-2-10-22-18/h4-7,12-13,18,21H,1-3,8-11H2. The number of halogens is 1. The second-order valence-corrected chi connectivity index (χ2v) is 5.84. The first-order valence-corrected chi connectivity index (χ1v) is 8.09. The van der Waals surface area contributed by atoms with Crippen LogP contribution in [0.2, 0.25) is 0 Å². The van der Waals surface area contributed by atoms with Crippen LogP contribution in [0.25, 0.3) is 0 Å². The molecule has 1 aliphatic rings. The molecule has 0 amide bonds. The first kappa shape index (κ1) is 16.0. The third-order valence-corrected chi connectivity index (χ3v) is 3.99. The average Bonchev–Trinajstić information content (AvgIpc) is 2.92. The summed E-state index contributed by atoms with van der Waals surface area (Å²) in [5, 5.41) is 9.15. The van der Waals surface area contributed by atoms with Gasteiger partial charge < -0.3 is 14.7 Å². The highest BCUT2D eigenvalue weighted by Gasteiger charge is 2.17. The number of ether oxygens (including phenoxy) is 1. The SMILES string of the molecule is OCCc1cc(Cc2ccc(F)cc2)n(OC2CCCCO2)c1. The predicted molar refractivity (Wildman–Crippen MR) is 84.6 cm³/mol. The highest BCUT2D eigenvalue weighted by molar-refractivity contribution is 5.26. The van der Waals surface area contributed by atoms with Crippen molar-refractivity contribution < 1.29 is 19.1 Å². The van der Waals surface area contributed by atoms with Gasteiger partial charge in [-0.25, -0.2) is 4.39 Å². The van der Waals surface area contributed by atoms with Gasteiger partial charge in [-0.3, -0.25) is 0 Å². The van der Waals surface area contributed by atoms with Crippen molar-refractivity contribution in [3.8, 4) is 0 Å². The minimum Gasteiger partial charge on any atom is -0.396 e. The monoisotopic (exact) mass is 319 g/mol. The van der Waals surface area contributed by atoms with Gasteiger partial charge >= 0.3 is 0 Å². The third-order valence-electron chi connectivity index (χ3n) is 3.99. The Morgan fingerprint density at radius 1 is 1.22 bits per heavy atom. The van der Waals surface area contributed by atoms with Crippen LogP contribution in [0, 0.1) is 5.82 Å². The molecule has 1 fully saturated rings. The van der Waals surface area contributed by atoms with E-state index in [0.717, 1.165) is 42.7 Å². The number of hydrogen-bond acceptors (Lipinski definition) is 3. The fraction of sp³-hybridized carbons (Fsp3) is 0.444. The molecule has 124 valence electrons. The molecule has 1 N–H and O–H groups in total. The van der Waals surface area contributed by atoms with Crippen LogP contribution in [0.4, 0.5) is 4.39 Å². The molecule has 0 bridgehead atoms. The molecule has 1 unspecified atom stereocenters. The third kappa shape index (κ3) is 4.33. The number of rotatable bonds is 6. The van der Waals surface area contributed by atoms with E-state index in [1.165, 1.54) is 12.1 Å². The van der Waals surface area contributed by atoms with Crippen molar-refractivity contribution >= 4 is 0 Å². The number of aliphatic hydroxyl groups is 1. The minimum atomic E-state index is -0.239. The lowest BCUT2D eigenvalue weighted by Gasteiger charge is -2.24. The van der Waals surface area contributed by atoms with Crippen LogP contribution in [0.1, 0.15) is 36.1 Å². The molecule has 1 saturated heterocycles. The Morgan fingerprint density at radius 3 is 2.74 bits per heavy atom. The molecule has 1 aromatic carbocycles. The molecular formula is C18H22FNO3. The Labute approximate surface area is 135 Å². The molecule has 0 aliphatic carbocycles. The first-order chi connectivity index (χ1) is 11.2. The largest absolute Gasteiger partial charge is 0.396 e. The Balaban J connectivity index is 1.77. The van der Waals surface area contributed by atoms with Crippen molar-refractivity contribution in [1.29, 1.82) is 0 Å². The quantitative estimate of drug-likeness (QED) is 0.890. The van der Waals surface area contributed by atoms with E-state index >= 15 is 0 Å². The number of aliphatic hydroxyl groups excluding tert-OH is 1. The van der Waals surface area contributed by atoms with Crippen LogP contribution in [0.3, 0.4) is 0 Å². The predicted octanol–water partition coefficient (Wildman–Crippen LogP) is 2.71. The molecule has 3 rings (SSSR count). The molecule has 0 saturated carbocycles. The molecular weight excluding hydrogens is 297 g/mol. The summed E-state index contributed by atoms with van der Waals surface area (Å²) >= 11 is 0. The van der Waals surface area contributed by atoms with Gasteiger partial charge in [-0.2, -0.15) is 4.73 Å². The Morgan fingerprint density at radius 2 is 2.04 bits per heavy atom. The highest BCUT2D eigenvalue weighted by atomic mass is 19.1. The lowest BCUT2D eigenvalue weighted by Crippen LogP contribution is -2.31. The molecule has 23 heavy (non-hydrogen) atoms. The van der Waals surface area contributed by atoms with Crippen LogP contribution in [0.15, 0.2) is 36.5 Å². The van der Waals surface area contributed by atoms with E-state index in [1.807, 2.05) is 12.3 Å². The van der Waals surface area contributed by atoms with E-state index < -0.39 is 0 Å². The van der Waals surface area contributed by atoms with Crippen molar-refractivity contribution in [2.75, 3.05) is 13.2 Å². The van der Waals surface area contributed by atoms with Gasteiger partial charge in [-0.15, -0.1) is 0 Å². The van der Waals surface area contributed by atoms with Crippen molar-refractivity contribution in [2.24, 2.45) is 0 Å². The van der Waals surface area contributed by atoms with E-state index in [4.69, 9.17) is 14.7 Å². The fourth-order valence-corrected chi connectivity index (χ4v) is 2.77. The second-order valence-electron chi connectivity index (χ2n) is 5.84. The number of benzene rings is 1. The molecule has 5 heteroatoms. The molecule has 0 radical (unpaired) electrons. The van der Waals surface area contributed by atoms with Crippen LogP contribution < -0.4 is 4.84 Å². The Hall–Kier alpha value is -1.85. The van der Waals surface area contributed by atoms with Gasteiger partial charge in [-0.1, -0.05) is 12.1 Å². The Bertz CT molecular complexity index is 618. The zero-order chi connectivity index (χ0) is 16.1. The normalized spacial score (nSPS) is 18.1. The number of hydrogen-bond donors (Lipinski definition) is 1. The maximum absolute atomic E-state index is 13.0. The lowest BCUT2D eigenvalue weighted by molar-refractivity contribution is -0.165. The van der Waals surface area contributed by atoms with Gasteiger partial charge in [0.15, 0.2) is 0 Å². The Kier molecular flexibility index (Phi) is 5.31. The summed E-state index contributed by atoms with van der Waals surface area (Å²) in [4.78, 5) is 5.95. The van der Waals surface area contributed by atoms with Gasteiger partial charge in [-0.05, 0) is 48.6 Å². The van der Waals surface area contributed by atoms with Crippen LogP contribution in [-0.2, 0) is 17.6 Å². The van der Waals surface area contributed by atoms with Crippen molar-refractivity contribution in [3.63, 3.8) is 0 Å². The van der Waals surface area contributed by atoms with Gasteiger partial charge in [0.05, 0.1) is 12.3 Å². The van der Waals surface area contributed by atoms with Crippen LogP contribution >= 0.6 is 0 Å². The van der Waals surface area contributed by atoms with Crippen molar-refractivity contribution in [1.82, 2.24) is 4.73 Å². The summed E-state index contributed by atoms with van der Waals surface area (Å²) in [6, 6.07) is 8.48. The topological polar surface area (TPSA) is 43.6 Å². The summed E-state index contributed by atoms with van der Waals surface area (Å²) in [6.07, 6.45) is 5.94. The summed E-state index contributed by atoms with van der Waals surface area (Å²) in [5.74, 6) is -0.239. The van der Waals surface area contributed by atoms with Gasteiger partial charge in [0, 0.05) is 25.6 Å². The molecule has 1 atom stereocenters. The number of aromatic nitrogens is 1. The van der Waals surface area contributed by atoms with E-state index in [2.05, 4.69) is 0 Å². The summed E-state index contributed by atoms with van der Waals surface area (Å²) < 4.78 is 20.4. The summed E-state index contributed by atoms with van der Waals surface area (Å²) in [5.41, 5.74) is 2.99. The van der Waals surface area contributed by atoms with Gasteiger partial charge in [0.2, 0.25) is 6.29 Å². The van der Waals surface area contributed by atoms with Crippen LogP contribution in [-0.4, -0.2) is 29.3 Å². The van der Waals surface area contributed by atoms with E-state index in [0.29, 0.717) is 12.8 Å². The van der Waals surface area contributed by atoms with E-state index in [1.54, 1.807) is 16.9 Å². The lowest BCUT2D eigenvalue weighted by atomic mass is 10.1. The molecule has 4 nitrogen and oxygen atoms in total. The second kappa shape index (κ2) is 7.62. The molecule has 2 aromatic rings. The number of nitrogens with zero attached hydrogens (tertiary/aromatic N) is 1. The summed E-state index contributed by atoms with van der Waals surface area (Å²) in [6.45, 7) is 0.822. The first-order valence-electron chi connectivity index (χ1n) is 8.09. The molecule has 0 spiro atoms. The van der Waals surface area contributed by atoms with Crippen molar-refractivity contribution in [3.05, 3.63) is 59.2 Å². The van der Waals surface area contributed by atoms with Gasteiger partial charge in [0.1, 0.15) is 5.82 Å². The maximum Gasteiger partial charge on any atom is 0.224 e. The van der Waals surface area contributed by atoms with Crippen LogP contribution in [0.5, 0.6) is 0 Å². The average molecular weight is 319 g/mol. The van der Waals surface area contributed by atoms with E-state index in [9.17, 15) is 4.39 Å². The molecule has 1 aliphatic heterocycles.